The Balaban J connectivity index is 1.58. The summed E-state index contributed by atoms with van der Waals surface area (Å²) in [5, 5.41) is 15.2. The fraction of sp³-hybridized carbons (Fsp3) is 0.103. The summed E-state index contributed by atoms with van der Waals surface area (Å²) < 4.78 is 6.18. The molecule has 4 rings (SSSR count). The van der Waals surface area contributed by atoms with Gasteiger partial charge in [-0.15, -0.1) is 0 Å². The fourth-order valence-electron chi connectivity index (χ4n) is 3.69. The van der Waals surface area contributed by atoms with E-state index in [9.17, 15) is 10.1 Å². The molecule has 168 valence electrons. The number of benzene rings is 4. The number of para-hydroxylation sites is 1. The number of carbonyl (C=O) groups excluding carboxylic acids is 1. The van der Waals surface area contributed by atoms with Crippen LogP contribution in [0.3, 0.4) is 0 Å². The molecular formula is C29H23ClN2O2. The monoisotopic (exact) mass is 466 g/mol. The molecule has 0 spiro atoms. The highest BCUT2D eigenvalue weighted by atomic mass is 35.5. The first kappa shape index (κ1) is 23.1. The minimum atomic E-state index is -0.512. The van der Waals surface area contributed by atoms with E-state index in [1.54, 1.807) is 12.1 Å². The van der Waals surface area contributed by atoms with E-state index in [1.807, 2.05) is 55.5 Å². The molecule has 5 heteroatoms. The van der Waals surface area contributed by atoms with Gasteiger partial charge in [0.15, 0.2) is 0 Å². The number of aryl methyl sites for hydroxylation is 2. The number of nitriles is 1. The molecule has 1 amide bonds. The van der Waals surface area contributed by atoms with Crippen molar-refractivity contribution in [1.29, 1.82) is 5.26 Å². The Hall–Kier alpha value is -4.07. The lowest BCUT2D eigenvalue weighted by Gasteiger charge is -2.14. The van der Waals surface area contributed by atoms with Gasteiger partial charge in [-0.05, 0) is 60.0 Å². The Kier molecular flexibility index (Phi) is 6.96. The number of rotatable bonds is 6. The SMILES string of the molecule is Cc1ccc(NC(=O)/C(C#N)=C/c2ccccc2OCc2c(C)ccc3ccccc23)cc1Cl. The van der Waals surface area contributed by atoms with Gasteiger partial charge in [0.05, 0.1) is 0 Å². The van der Waals surface area contributed by atoms with Gasteiger partial charge in [-0.1, -0.05) is 72.3 Å². The van der Waals surface area contributed by atoms with Crippen molar-refractivity contribution < 1.29 is 9.53 Å². The third kappa shape index (κ3) is 5.11. The fourth-order valence-corrected chi connectivity index (χ4v) is 3.87. The van der Waals surface area contributed by atoms with Crippen LogP contribution in [0.15, 0.2) is 84.4 Å². The predicted molar refractivity (Wildman–Crippen MR) is 138 cm³/mol. The smallest absolute Gasteiger partial charge is 0.266 e. The van der Waals surface area contributed by atoms with E-state index in [1.165, 1.54) is 6.08 Å². The minimum absolute atomic E-state index is 0.0333. The maximum atomic E-state index is 12.7. The normalized spacial score (nSPS) is 11.2. The number of ether oxygens (including phenoxy) is 1. The molecule has 0 saturated carbocycles. The molecule has 0 unspecified atom stereocenters. The Morgan fingerprint density at radius 3 is 2.53 bits per heavy atom. The average Bonchev–Trinajstić information content (AvgIpc) is 2.84. The van der Waals surface area contributed by atoms with Crippen molar-refractivity contribution in [2.45, 2.75) is 20.5 Å². The van der Waals surface area contributed by atoms with Gasteiger partial charge in [-0.3, -0.25) is 4.79 Å². The van der Waals surface area contributed by atoms with Crippen molar-refractivity contribution in [3.8, 4) is 11.8 Å². The molecule has 0 aromatic heterocycles. The Morgan fingerprint density at radius 2 is 1.74 bits per heavy atom. The molecule has 0 fully saturated rings. The molecular weight excluding hydrogens is 444 g/mol. The number of halogens is 1. The number of hydrogen-bond donors (Lipinski definition) is 1. The molecule has 0 atom stereocenters. The van der Waals surface area contributed by atoms with Crippen LogP contribution in [0.4, 0.5) is 5.69 Å². The van der Waals surface area contributed by atoms with Crippen molar-refractivity contribution in [3.05, 3.63) is 112 Å². The lowest BCUT2D eigenvalue weighted by molar-refractivity contribution is -0.112. The first-order chi connectivity index (χ1) is 16.5. The van der Waals surface area contributed by atoms with Crippen molar-refractivity contribution in [3.63, 3.8) is 0 Å². The highest BCUT2D eigenvalue weighted by molar-refractivity contribution is 6.31. The lowest BCUT2D eigenvalue weighted by Crippen LogP contribution is -2.13. The van der Waals surface area contributed by atoms with Gasteiger partial charge in [0.2, 0.25) is 0 Å². The van der Waals surface area contributed by atoms with Crippen LogP contribution in [0.25, 0.3) is 16.8 Å². The number of fused-ring (bicyclic) bond motifs is 1. The molecule has 0 bridgehead atoms. The highest BCUT2D eigenvalue weighted by Crippen LogP contribution is 2.27. The third-order valence-corrected chi connectivity index (χ3v) is 6.07. The number of hydrogen-bond acceptors (Lipinski definition) is 3. The first-order valence-corrected chi connectivity index (χ1v) is 11.2. The van der Waals surface area contributed by atoms with E-state index in [-0.39, 0.29) is 5.57 Å². The number of nitrogens with zero attached hydrogens (tertiary/aromatic N) is 1. The van der Waals surface area contributed by atoms with Gasteiger partial charge in [0, 0.05) is 21.8 Å². The Morgan fingerprint density at radius 1 is 1.00 bits per heavy atom. The molecule has 0 aliphatic heterocycles. The van der Waals surface area contributed by atoms with E-state index in [4.69, 9.17) is 16.3 Å². The second-order valence-electron chi connectivity index (χ2n) is 8.00. The summed E-state index contributed by atoms with van der Waals surface area (Å²) in [5.41, 5.74) is 4.29. The van der Waals surface area contributed by atoms with E-state index in [0.29, 0.717) is 28.6 Å². The number of nitrogens with one attached hydrogen (secondary N) is 1. The largest absolute Gasteiger partial charge is 0.488 e. The van der Waals surface area contributed by atoms with Gasteiger partial charge >= 0.3 is 0 Å². The van der Waals surface area contributed by atoms with E-state index in [0.717, 1.165) is 27.5 Å². The van der Waals surface area contributed by atoms with Gasteiger partial charge in [0.25, 0.3) is 5.91 Å². The highest BCUT2D eigenvalue weighted by Gasteiger charge is 2.13. The Labute approximate surface area is 204 Å². The van der Waals surface area contributed by atoms with Crippen molar-refractivity contribution >= 4 is 40.0 Å². The zero-order chi connectivity index (χ0) is 24.1. The molecule has 0 aliphatic rings. The van der Waals surface area contributed by atoms with Gasteiger partial charge in [0.1, 0.15) is 24.0 Å². The average molecular weight is 467 g/mol. The molecule has 4 aromatic carbocycles. The lowest BCUT2D eigenvalue weighted by atomic mass is 10.0. The molecule has 0 radical (unpaired) electrons. The van der Waals surface area contributed by atoms with Crippen LogP contribution in [0.1, 0.15) is 22.3 Å². The summed E-state index contributed by atoms with van der Waals surface area (Å²) in [6.07, 6.45) is 1.54. The summed E-state index contributed by atoms with van der Waals surface area (Å²) in [5.74, 6) is 0.0795. The summed E-state index contributed by atoms with van der Waals surface area (Å²) in [4.78, 5) is 12.7. The predicted octanol–water partition coefficient (Wildman–Crippen LogP) is 7.23. The molecule has 0 heterocycles. The maximum Gasteiger partial charge on any atom is 0.266 e. The number of carbonyl (C=O) groups is 1. The van der Waals surface area contributed by atoms with Crippen molar-refractivity contribution in [2.75, 3.05) is 5.32 Å². The van der Waals surface area contributed by atoms with Gasteiger partial charge in [-0.2, -0.15) is 5.26 Å². The van der Waals surface area contributed by atoms with Crippen LogP contribution < -0.4 is 10.1 Å². The minimum Gasteiger partial charge on any atom is -0.488 e. The maximum absolute atomic E-state index is 12.7. The van der Waals surface area contributed by atoms with Crippen LogP contribution >= 0.6 is 11.6 Å². The van der Waals surface area contributed by atoms with Crippen LogP contribution in [0.2, 0.25) is 5.02 Å². The third-order valence-electron chi connectivity index (χ3n) is 5.66. The Bertz CT molecular complexity index is 1450. The molecule has 0 saturated heterocycles. The summed E-state index contributed by atoms with van der Waals surface area (Å²) in [6.45, 7) is 4.31. The number of anilines is 1. The first-order valence-electron chi connectivity index (χ1n) is 10.8. The molecule has 4 aromatic rings. The zero-order valence-electron chi connectivity index (χ0n) is 18.9. The zero-order valence-corrected chi connectivity index (χ0v) is 19.7. The molecule has 0 aliphatic carbocycles. The second-order valence-corrected chi connectivity index (χ2v) is 8.40. The standard InChI is InChI=1S/C29H23ClN2O2/c1-19-11-13-21-7-3-5-9-25(21)26(19)18-34-28-10-6-4-8-22(28)15-23(17-31)29(33)32-24-14-12-20(2)27(30)16-24/h3-16H,18H2,1-2H3,(H,32,33)/b23-15+. The van der Waals surface area contributed by atoms with Gasteiger partial charge < -0.3 is 10.1 Å². The van der Waals surface area contributed by atoms with Crippen LogP contribution in [-0.2, 0) is 11.4 Å². The topological polar surface area (TPSA) is 62.1 Å². The van der Waals surface area contributed by atoms with Crippen molar-refractivity contribution in [2.24, 2.45) is 0 Å². The van der Waals surface area contributed by atoms with E-state index in [2.05, 4.69) is 36.5 Å². The summed E-state index contributed by atoms with van der Waals surface area (Å²) in [6, 6.07) is 26.9. The molecule has 4 nitrogen and oxygen atoms in total. The second kappa shape index (κ2) is 10.2. The van der Waals surface area contributed by atoms with Crippen LogP contribution in [0, 0.1) is 25.2 Å². The van der Waals surface area contributed by atoms with Gasteiger partial charge in [-0.25, -0.2) is 0 Å². The molecule has 1 N–H and O–H groups in total. The van der Waals surface area contributed by atoms with Crippen LogP contribution in [0.5, 0.6) is 5.75 Å². The summed E-state index contributed by atoms with van der Waals surface area (Å²) in [7, 11) is 0. The van der Waals surface area contributed by atoms with Crippen LogP contribution in [-0.4, -0.2) is 5.91 Å². The van der Waals surface area contributed by atoms with Crippen molar-refractivity contribution in [1.82, 2.24) is 0 Å². The van der Waals surface area contributed by atoms with E-state index < -0.39 is 5.91 Å². The summed E-state index contributed by atoms with van der Waals surface area (Å²) >= 11 is 6.15. The number of amides is 1. The van der Waals surface area contributed by atoms with E-state index >= 15 is 0 Å². The molecule has 34 heavy (non-hydrogen) atoms. The quantitative estimate of drug-likeness (QED) is 0.241.